The summed E-state index contributed by atoms with van der Waals surface area (Å²) in [7, 11) is 3.58. The second kappa shape index (κ2) is 9.21. The molecule has 0 radical (unpaired) electrons. The lowest BCUT2D eigenvalue weighted by molar-refractivity contribution is -0.00461. The van der Waals surface area contributed by atoms with Crippen molar-refractivity contribution in [2.24, 2.45) is 5.41 Å². The maximum absolute atomic E-state index is 5.62. The molecule has 1 saturated heterocycles. The number of nitrogens with one attached hydrogen (secondary N) is 1. The van der Waals surface area contributed by atoms with E-state index in [4.69, 9.17) is 9.47 Å². The molecular formula is C26H40N6O2. The van der Waals surface area contributed by atoms with Crippen molar-refractivity contribution < 1.29 is 9.47 Å². The number of rotatable bonds is 8. The van der Waals surface area contributed by atoms with Gasteiger partial charge in [0.25, 0.3) is 0 Å². The first-order chi connectivity index (χ1) is 16.3. The van der Waals surface area contributed by atoms with E-state index in [1.807, 2.05) is 23.7 Å². The third kappa shape index (κ3) is 4.86. The van der Waals surface area contributed by atoms with E-state index in [0.29, 0.717) is 11.5 Å². The van der Waals surface area contributed by atoms with Gasteiger partial charge in [0.1, 0.15) is 5.82 Å². The van der Waals surface area contributed by atoms with Gasteiger partial charge in [-0.3, -0.25) is 4.90 Å². The molecule has 0 unspecified atom stereocenters. The highest BCUT2D eigenvalue weighted by Crippen LogP contribution is 2.48. The average molecular weight is 469 g/mol. The number of hydrogen-bond acceptors (Lipinski definition) is 7. The molecule has 2 aromatic heterocycles. The van der Waals surface area contributed by atoms with Gasteiger partial charge in [-0.25, -0.2) is 4.68 Å². The van der Waals surface area contributed by atoms with E-state index in [2.05, 4.69) is 45.4 Å². The molecule has 5 rings (SSSR count). The number of nitrogens with zero attached hydrogens (tertiary/aromatic N) is 5. The highest BCUT2D eigenvalue weighted by Gasteiger charge is 2.42. The maximum Gasteiger partial charge on any atom is 0.176 e. The number of ether oxygens (including phenoxy) is 2. The highest BCUT2D eigenvalue weighted by molar-refractivity contribution is 5.39. The molecule has 186 valence electrons. The fourth-order valence-electron chi connectivity index (χ4n) is 5.83. The Kier molecular flexibility index (Phi) is 6.42. The molecule has 34 heavy (non-hydrogen) atoms. The largest absolute Gasteiger partial charge is 0.377 e. The van der Waals surface area contributed by atoms with Crippen LogP contribution in [-0.4, -0.2) is 77.0 Å². The molecule has 8 heteroatoms. The zero-order chi connectivity index (χ0) is 23.9. The van der Waals surface area contributed by atoms with Crippen molar-refractivity contribution in [3.63, 3.8) is 0 Å². The predicted molar refractivity (Wildman–Crippen MR) is 132 cm³/mol. The molecule has 1 N–H and O–H groups in total. The smallest absolute Gasteiger partial charge is 0.176 e. The number of aryl methyl sites for hydroxylation is 1. The third-order valence-corrected chi connectivity index (χ3v) is 8.36. The highest BCUT2D eigenvalue weighted by atomic mass is 16.5. The van der Waals surface area contributed by atoms with Crippen molar-refractivity contribution in [2.45, 2.75) is 83.0 Å². The van der Waals surface area contributed by atoms with Crippen molar-refractivity contribution in [3.8, 4) is 5.82 Å². The van der Waals surface area contributed by atoms with Crippen LogP contribution in [0, 0.1) is 12.3 Å². The quantitative estimate of drug-likeness (QED) is 0.632. The molecule has 8 nitrogen and oxygen atoms in total. The molecule has 3 fully saturated rings. The number of anilines is 1. The van der Waals surface area contributed by atoms with E-state index >= 15 is 0 Å². The lowest BCUT2D eigenvalue weighted by Gasteiger charge is -2.40. The van der Waals surface area contributed by atoms with Crippen LogP contribution in [-0.2, 0) is 14.9 Å². The van der Waals surface area contributed by atoms with Crippen LogP contribution in [0.2, 0.25) is 0 Å². The Hall–Kier alpha value is -2.03. The summed E-state index contributed by atoms with van der Waals surface area (Å²) in [6.45, 7) is 9.81. The van der Waals surface area contributed by atoms with Gasteiger partial charge in [-0.05, 0) is 69.1 Å². The molecule has 2 aromatic rings. The lowest BCUT2D eigenvalue weighted by atomic mass is 9.73. The molecule has 1 aliphatic heterocycles. The molecule has 0 aromatic carbocycles. The SMILES string of the molecule is CO[C@H]1CN(CC2(C)CCC(Nc3ccc(-n4nc(C)cc4C4(C)CC4)nn3)CC2)C[C@@H]1OC. The van der Waals surface area contributed by atoms with Crippen LogP contribution in [0.1, 0.15) is 63.8 Å². The number of likely N-dealkylation sites (tertiary alicyclic amines) is 1. The molecule has 0 amide bonds. The van der Waals surface area contributed by atoms with Gasteiger partial charge in [0.2, 0.25) is 0 Å². The van der Waals surface area contributed by atoms with Gasteiger partial charge < -0.3 is 14.8 Å². The van der Waals surface area contributed by atoms with Crippen molar-refractivity contribution in [3.05, 3.63) is 29.6 Å². The van der Waals surface area contributed by atoms with Gasteiger partial charge in [-0.15, -0.1) is 10.2 Å². The van der Waals surface area contributed by atoms with Crippen LogP contribution in [0.5, 0.6) is 0 Å². The third-order valence-electron chi connectivity index (χ3n) is 8.36. The van der Waals surface area contributed by atoms with Crippen molar-refractivity contribution >= 4 is 5.82 Å². The number of aromatic nitrogens is 4. The lowest BCUT2D eigenvalue weighted by Crippen LogP contribution is -2.40. The van der Waals surface area contributed by atoms with Crippen LogP contribution in [0.3, 0.4) is 0 Å². The van der Waals surface area contributed by atoms with E-state index in [0.717, 1.165) is 49.8 Å². The van der Waals surface area contributed by atoms with Gasteiger partial charge in [0.05, 0.1) is 23.6 Å². The molecule has 3 aliphatic rings. The maximum atomic E-state index is 5.62. The van der Waals surface area contributed by atoms with Crippen molar-refractivity contribution in [1.82, 2.24) is 24.9 Å². The summed E-state index contributed by atoms with van der Waals surface area (Å²) in [5, 5.41) is 17.3. The zero-order valence-corrected chi connectivity index (χ0v) is 21.4. The topological polar surface area (TPSA) is 77.3 Å². The minimum Gasteiger partial charge on any atom is -0.377 e. The fourth-order valence-corrected chi connectivity index (χ4v) is 5.83. The van der Waals surface area contributed by atoms with Gasteiger partial charge >= 0.3 is 0 Å². The van der Waals surface area contributed by atoms with Crippen LogP contribution in [0.25, 0.3) is 5.82 Å². The second-order valence-electron chi connectivity index (χ2n) is 11.4. The molecule has 2 saturated carbocycles. The van der Waals surface area contributed by atoms with E-state index in [9.17, 15) is 0 Å². The van der Waals surface area contributed by atoms with Gasteiger partial charge in [-0.1, -0.05) is 13.8 Å². The summed E-state index contributed by atoms with van der Waals surface area (Å²) in [6, 6.07) is 6.72. The Bertz CT molecular complexity index is 966. The molecule has 0 spiro atoms. The molecule has 2 aliphatic carbocycles. The zero-order valence-electron chi connectivity index (χ0n) is 21.4. The standard InChI is InChI=1S/C26H40N6O2/c1-18-14-22(26(3)12-13-26)32(30-18)24-7-6-23(28-29-24)27-19-8-10-25(2,11-9-19)17-31-15-20(33-4)21(16-31)34-5/h6-7,14,19-21H,8-13,15-17H2,1-5H3,(H,27,28)/t19?,20-,21-,25?/m0/s1. The van der Waals surface area contributed by atoms with Crippen LogP contribution < -0.4 is 5.32 Å². The fraction of sp³-hybridized carbons (Fsp3) is 0.731. The van der Waals surface area contributed by atoms with Gasteiger partial charge in [-0.2, -0.15) is 5.10 Å². The Labute approximate surface area is 203 Å². The molecule has 2 atom stereocenters. The van der Waals surface area contributed by atoms with E-state index in [-0.39, 0.29) is 17.6 Å². The van der Waals surface area contributed by atoms with Crippen molar-refractivity contribution in [1.29, 1.82) is 0 Å². The Balaban J connectivity index is 1.15. The van der Waals surface area contributed by atoms with Crippen LogP contribution in [0.4, 0.5) is 5.82 Å². The first-order valence-electron chi connectivity index (χ1n) is 12.8. The van der Waals surface area contributed by atoms with Crippen LogP contribution in [0.15, 0.2) is 18.2 Å². The summed E-state index contributed by atoms with van der Waals surface area (Å²) in [5.41, 5.74) is 2.85. The minimum atomic E-state index is 0.182. The Morgan fingerprint density at radius 3 is 2.24 bits per heavy atom. The second-order valence-corrected chi connectivity index (χ2v) is 11.4. The van der Waals surface area contributed by atoms with Gasteiger partial charge in [0.15, 0.2) is 5.82 Å². The predicted octanol–water partition coefficient (Wildman–Crippen LogP) is 3.73. The summed E-state index contributed by atoms with van der Waals surface area (Å²) in [4.78, 5) is 2.52. The molecular weight excluding hydrogens is 428 g/mol. The summed E-state index contributed by atoms with van der Waals surface area (Å²) in [5.74, 6) is 1.65. The first kappa shape index (κ1) is 23.7. The monoisotopic (exact) mass is 468 g/mol. The van der Waals surface area contributed by atoms with Gasteiger partial charge in [0, 0.05) is 45.3 Å². The summed E-state index contributed by atoms with van der Waals surface area (Å²) >= 11 is 0. The average Bonchev–Trinajstić information content (AvgIpc) is 3.26. The van der Waals surface area contributed by atoms with E-state index in [1.54, 1.807) is 14.2 Å². The minimum absolute atomic E-state index is 0.182. The Morgan fingerprint density at radius 1 is 1.00 bits per heavy atom. The van der Waals surface area contributed by atoms with Crippen LogP contribution >= 0.6 is 0 Å². The van der Waals surface area contributed by atoms with E-state index in [1.165, 1.54) is 31.4 Å². The normalized spacial score (nSPS) is 31.0. The first-order valence-corrected chi connectivity index (χ1v) is 12.8. The molecule has 0 bridgehead atoms. The number of hydrogen-bond donors (Lipinski definition) is 1. The summed E-state index contributed by atoms with van der Waals surface area (Å²) < 4.78 is 13.2. The number of methoxy groups -OCH3 is 2. The van der Waals surface area contributed by atoms with Crippen molar-refractivity contribution in [2.75, 3.05) is 39.2 Å². The molecule has 3 heterocycles. The van der Waals surface area contributed by atoms with E-state index < -0.39 is 0 Å². The summed E-state index contributed by atoms with van der Waals surface area (Å²) in [6.07, 6.45) is 7.50. The Morgan fingerprint density at radius 2 is 1.68 bits per heavy atom.